The Kier molecular flexibility index (Phi) is 6.26. The maximum absolute atomic E-state index is 11.6. The number of aromatic nitrogens is 2. The molecule has 9 nitrogen and oxygen atoms in total. The number of hydrogen-bond donors (Lipinski definition) is 1. The fraction of sp³-hybridized carbons (Fsp3) is 0.600. The predicted octanol–water partition coefficient (Wildman–Crippen LogP) is 2.37. The number of anilines is 2. The van der Waals surface area contributed by atoms with E-state index < -0.39 is 4.92 Å². The summed E-state index contributed by atoms with van der Waals surface area (Å²) in [7, 11) is 0. The average molecular weight is 329 g/mol. The third-order valence-electron chi connectivity index (χ3n) is 3.97. The van der Waals surface area contributed by atoms with E-state index in [1.165, 1.54) is 6.33 Å². The lowest BCUT2D eigenvalue weighted by Gasteiger charge is -2.22. The Balaban J connectivity index is 2.33. The first-order valence-electron chi connectivity index (χ1n) is 7.92. The van der Waals surface area contributed by atoms with Gasteiger partial charge < -0.3 is 10.2 Å². The molecule has 24 heavy (non-hydrogen) atoms. The maximum atomic E-state index is 11.6. The summed E-state index contributed by atoms with van der Waals surface area (Å²) in [4.78, 5) is 20.8. The lowest BCUT2D eigenvalue weighted by Crippen LogP contribution is -2.28. The van der Waals surface area contributed by atoms with Crippen molar-refractivity contribution in [3.8, 4) is 12.1 Å². The highest BCUT2D eigenvalue weighted by Crippen LogP contribution is 2.34. The van der Waals surface area contributed by atoms with Gasteiger partial charge in [-0.2, -0.15) is 10.5 Å². The molecule has 1 aliphatic carbocycles. The van der Waals surface area contributed by atoms with Crippen molar-refractivity contribution in [3.63, 3.8) is 0 Å². The van der Waals surface area contributed by atoms with Gasteiger partial charge in [0.05, 0.1) is 29.9 Å². The summed E-state index contributed by atoms with van der Waals surface area (Å²) in [6.07, 6.45) is 5.78. The summed E-state index contributed by atoms with van der Waals surface area (Å²) in [5, 5.41) is 32.3. The molecule has 0 spiro atoms. The Morgan fingerprint density at radius 3 is 2.42 bits per heavy atom. The Morgan fingerprint density at radius 1 is 1.25 bits per heavy atom. The van der Waals surface area contributed by atoms with Crippen LogP contribution in [0.1, 0.15) is 38.5 Å². The van der Waals surface area contributed by atoms with Crippen molar-refractivity contribution in [3.05, 3.63) is 16.4 Å². The largest absolute Gasteiger partial charge is 0.361 e. The SMILES string of the molecule is N#CCCN(CCC#N)c1ncnc(NC2CCCC2)c1[N+](=O)[O-]. The minimum absolute atomic E-state index is 0.154. The highest BCUT2D eigenvalue weighted by atomic mass is 16.6. The van der Waals surface area contributed by atoms with Crippen LogP contribution in [-0.4, -0.2) is 34.0 Å². The minimum atomic E-state index is -0.502. The zero-order chi connectivity index (χ0) is 17.4. The highest BCUT2D eigenvalue weighted by molar-refractivity contribution is 5.70. The molecule has 0 bridgehead atoms. The summed E-state index contributed by atoms with van der Waals surface area (Å²) in [5.41, 5.74) is -0.194. The second-order valence-electron chi connectivity index (χ2n) is 5.58. The van der Waals surface area contributed by atoms with E-state index in [1.807, 2.05) is 12.1 Å². The van der Waals surface area contributed by atoms with E-state index in [0.29, 0.717) is 0 Å². The number of rotatable bonds is 8. The zero-order valence-electron chi connectivity index (χ0n) is 13.3. The Labute approximate surface area is 140 Å². The van der Waals surface area contributed by atoms with Crippen LogP contribution in [0, 0.1) is 32.8 Å². The van der Waals surface area contributed by atoms with Crippen LogP contribution in [0.25, 0.3) is 0 Å². The Hall–Kier alpha value is -2.94. The molecule has 1 heterocycles. The summed E-state index contributed by atoms with van der Waals surface area (Å²) in [5.74, 6) is 0.358. The van der Waals surface area contributed by atoms with Gasteiger partial charge in [0, 0.05) is 19.1 Å². The van der Waals surface area contributed by atoms with Crippen LogP contribution in [0.5, 0.6) is 0 Å². The first-order chi connectivity index (χ1) is 11.7. The molecular weight excluding hydrogens is 310 g/mol. The number of nitriles is 2. The van der Waals surface area contributed by atoms with Gasteiger partial charge in [0.25, 0.3) is 0 Å². The van der Waals surface area contributed by atoms with Crippen molar-refractivity contribution < 1.29 is 4.92 Å². The number of nitrogens with zero attached hydrogens (tertiary/aromatic N) is 6. The molecule has 0 aliphatic heterocycles. The van der Waals surface area contributed by atoms with Crippen molar-refractivity contribution in [1.29, 1.82) is 10.5 Å². The van der Waals surface area contributed by atoms with Crippen molar-refractivity contribution in [1.82, 2.24) is 9.97 Å². The quantitative estimate of drug-likeness (QED) is 0.568. The van der Waals surface area contributed by atoms with E-state index in [2.05, 4.69) is 15.3 Å². The van der Waals surface area contributed by atoms with Gasteiger partial charge in [-0.3, -0.25) is 10.1 Å². The summed E-state index contributed by atoms with van der Waals surface area (Å²) in [6.45, 7) is 0.553. The molecule has 0 amide bonds. The zero-order valence-corrected chi connectivity index (χ0v) is 13.3. The van der Waals surface area contributed by atoms with E-state index >= 15 is 0 Å². The minimum Gasteiger partial charge on any atom is -0.361 e. The molecule has 126 valence electrons. The molecule has 2 rings (SSSR count). The first kappa shape index (κ1) is 17.4. The van der Waals surface area contributed by atoms with E-state index in [4.69, 9.17) is 10.5 Å². The van der Waals surface area contributed by atoms with Crippen LogP contribution in [0.4, 0.5) is 17.3 Å². The second kappa shape index (κ2) is 8.63. The molecule has 0 radical (unpaired) electrons. The topological polar surface area (TPSA) is 132 Å². The molecule has 1 N–H and O–H groups in total. The predicted molar refractivity (Wildman–Crippen MR) is 87.2 cm³/mol. The molecular formula is C15H19N7O2. The van der Waals surface area contributed by atoms with E-state index in [1.54, 1.807) is 4.90 Å². The van der Waals surface area contributed by atoms with Gasteiger partial charge in [0.1, 0.15) is 6.33 Å². The molecule has 0 atom stereocenters. The summed E-state index contributed by atoms with van der Waals surface area (Å²) >= 11 is 0. The molecule has 0 unspecified atom stereocenters. The van der Waals surface area contributed by atoms with Gasteiger partial charge in [0.15, 0.2) is 0 Å². The lowest BCUT2D eigenvalue weighted by atomic mass is 10.2. The monoisotopic (exact) mass is 329 g/mol. The molecule has 1 aromatic heterocycles. The van der Waals surface area contributed by atoms with Crippen molar-refractivity contribution in [2.24, 2.45) is 0 Å². The highest BCUT2D eigenvalue weighted by Gasteiger charge is 2.28. The van der Waals surface area contributed by atoms with Gasteiger partial charge >= 0.3 is 5.69 Å². The van der Waals surface area contributed by atoms with Gasteiger partial charge in [-0.05, 0) is 12.8 Å². The van der Waals surface area contributed by atoms with Crippen LogP contribution in [0.3, 0.4) is 0 Å². The van der Waals surface area contributed by atoms with E-state index in [-0.39, 0.29) is 49.3 Å². The maximum Gasteiger partial charge on any atom is 0.353 e. The molecule has 1 aliphatic rings. The Morgan fingerprint density at radius 2 is 1.88 bits per heavy atom. The molecule has 9 heteroatoms. The van der Waals surface area contributed by atoms with Crippen LogP contribution in [-0.2, 0) is 0 Å². The van der Waals surface area contributed by atoms with Crippen molar-refractivity contribution in [2.45, 2.75) is 44.6 Å². The van der Waals surface area contributed by atoms with Gasteiger partial charge in [-0.15, -0.1) is 0 Å². The molecule has 0 aromatic carbocycles. The van der Waals surface area contributed by atoms with Crippen molar-refractivity contribution in [2.75, 3.05) is 23.3 Å². The van der Waals surface area contributed by atoms with Crippen LogP contribution in [0.15, 0.2) is 6.33 Å². The molecule has 0 saturated heterocycles. The normalized spacial score (nSPS) is 13.9. The summed E-state index contributed by atoms with van der Waals surface area (Å²) in [6, 6.07) is 4.20. The fourth-order valence-electron chi connectivity index (χ4n) is 2.83. The molecule has 1 fully saturated rings. The van der Waals surface area contributed by atoms with Gasteiger partial charge in [0.2, 0.25) is 11.6 Å². The fourth-order valence-corrected chi connectivity index (χ4v) is 2.83. The second-order valence-corrected chi connectivity index (χ2v) is 5.58. The average Bonchev–Trinajstić information content (AvgIpc) is 3.07. The number of hydrogen-bond acceptors (Lipinski definition) is 8. The first-order valence-corrected chi connectivity index (χ1v) is 7.92. The third-order valence-corrected chi connectivity index (χ3v) is 3.97. The van der Waals surface area contributed by atoms with E-state index in [9.17, 15) is 10.1 Å². The number of nitrogens with one attached hydrogen (secondary N) is 1. The Bertz CT molecular complexity index is 641. The molecule has 1 saturated carbocycles. The van der Waals surface area contributed by atoms with Crippen LogP contribution < -0.4 is 10.2 Å². The smallest absolute Gasteiger partial charge is 0.353 e. The summed E-state index contributed by atoms with van der Waals surface area (Å²) < 4.78 is 0. The third kappa shape index (κ3) is 4.29. The van der Waals surface area contributed by atoms with Crippen molar-refractivity contribution >= 4 is 17.3 Å². The van der Waals surface area contributed by atoms with Gasteiger partial charge in [-0.25, -0.2) is 9.97 Å². The van der Waals surface area contributed by atoms with E-state index in [0.717, 1.165) is 25.7 Å². The van der Waals surface area contributed by atoms with Gasteiger partial charge in [-0.1, -0.05) is 12.8 Å². The lowest BCUT2D eigenvalue weighted by molar-refractivity contribution is -0.383. The molecule has 1 aromatic rings. The van der Waals surface area contributed by atoms with Crippen LogP contribution in [0.2, 0.25) is 0 Å². The standard InChI is InChI=1S/C15H19N7O2/c16-7-3-9-21(10-4-8-17)15-13(22(23)24)14(18-11-19-15)20-12-5-1-2-6-12/h11-12H,1-6,9-10H2,(H,18,19,20). The van der Waals surface area contributed by atoms with Crippen LogP contribution >= 0.6 is 0 Å². The number of nitro groups is 1.